The zero-order chi connectivity index (χ0) is 22.5. The number of nitrogens with zero attached hydrogens (tertiary/aromatic N) is 4. The molecule has 3 aromatic rings. The van der Waals surface area contributed by atoms with Crippen molar-refractivity contribution < 1.29 is 14.3 Å². The molecule has 2 heterocycles. The highest BCUT2D eigenvalue weighted by Gasteiger charge is 2.22. The molecule has 4 rings (SSSR count). The van der Waals surface area contributed by atoms with Gasteiger partial charge in [-0.25, -0.2) is 0 Å². The van der Waals surface area contributed by atoms with Crippen LogP contribution >= 0.6 is 0 Å². The van der Waals surface area contributed by atoms with Crippen molar-refractivity contribution in [3.8, 4) is 22.8 Å². The Bertz CT molecular complexity index is 1060. The van der Waals surface area contributed by atoms with E-state index in [1.54, 1.807) is 14.2 Å². The minimum atomic E-state index is 0.167. The molecule has 7 nitrogen and oxygen atoms in total. The molecule has 0 unspecified atom stereocenters. The molecule has 2 aromatic carbocycles. The van der Waals surface area contributed by atoms with Crippen molar-refractivity contribution in [1.82, 2.24) is 15.1 Å². The summed E-state index contributed by atoms with van der Waals surface area (Å²) in [6.07, 6.45) is 0.442. The van der Waals surface area contributed by atoms with Gasteiger partial charge in [0.15, 0.2) is 5.82 Å². The SMILES string of the molecule is COc1ccc(OC)c(-c2ccc(N3CCN(C(=O)Cc4ccc(C)cc4)CC3)nn2)c1. The molecule has 1 aliphatic heterocycles. The van der Waals surface area contributed by atoms with Gasteiger partial charge in [0.05, 0.1) is 26.3 Å². The molecular formula is C25H28N4O3. The van der Waals surface area contributed by atoms with Crippen molar-refractivity contribution in [1.29, 1.82) is 0 Å². The van der Waals surface area contributed by atoms with Gasteiger partial charge in [0.2, 0.25) is 5.91 Å². The van der Waals surface area contributed by atoms with Gasteiger partial charge in [-0.1, -0.05) is 29.8 Å². The van der Waals surface area contributed by atoms with E-state index in [4.69, 9.17) is 9.47 Å². The Morgan fingerprint density at radius 1 is 0.906 bits per heavy atom. The van der Waals surface area contributed by atoms with Gasteiger partial charge in [0, 0.05) is 31.7 Å². The molecule has 0 spiro atoms. The summed E-state index contributed by atoms with van der Waals surface area (Å²) in [6.45, 7) is 4.87. The second-order valence-corrected chi connectivity index (χ2v) is 7.87. The first-order valence-electron chi connectivity index (χ1n) is 10.7. The number of carbonyl (C=O) groups excluding carboxylic acids is 1. The van der Waals surface area contributed by atoms with Gasteiger partial charge in [0.25, 0.3) is 0 Å². The summed E-state index contributed by atoms with van der Waals surface area (Å²) in [5, 5.41) is 8.85. The minimum absolute atomic E-state index is 0.167. The summed E-state index contributed by atoms with van der Waals surface area (Å²) in [7, 11) is 3.26. The third kappa shape index (κ3) is 4.82. The predicted octanol–water partition coefficient (Wildman–Crippen LogP) is 3.36. The van der Waals surface area contributed by atoms with Crippen molar-refractivity contribution in [2.24, 2.45) is 0 Å². The van der Waals surface area contributed by atoms with Crippen LogP contribution in [0, 0.1) is 6.92 Å². The smallest absolute Gasteiger partial charge is 0.227 e. The fourth-order valence-corrected chi connectivity index (χ4v) is 3.83. The third-order valence-corrected chi connectivity index (χ3v) is 5.77. The van der Waals surface area contributed by atoms with Crippen LogP contribution < -0.4 is 14.4 Å². The molecule has 0 saturated carbocycles. The van der Waals surface area contributed by atoms with Crippen LogP contribution in [0.15, 0.2) is 54.6 Å². The van der Waals surface area contributed by atoms with Crippen LogP contribution in [0.3, 0.4) is 0 Å². The van der Waals surface area contributed by atoms with Gasteiger partial charge >= 0.3 is 0 Å². The highest BCUT2D eigenvalue weighted by molar-refractivity contribution is 5.79. The second kappa shape index (κ2) is 9.68. The Labute approximate surface area is 188 Å². The Kier molecular flexibility index (Phi) is 6.54. The number of anilines is 1. The molecule has 1 aromatic heterocycles. The van der Waals surface area contributed by atoms with Crippen LogP contribution in [-0.2, 0) is 11.2 Å². The summed E-state index contributed by atoms with van der Waals surface area (Å²) in [6, 6.07) is 17.6. The molecule has 1 amide bonds. The van der Waals surface area contributed by atoms with Gasteiger partial charge in [0.1, 0.15) is 11.5 Å². The fraction of sp³-hybridized carbons (Fsp3) is 0.320. The molecule has 7 heteroatoms. The number of carbonyl (C=O) groups is 1. The highest BCUT2D eigenvalue weighted by atomic mass is 16.5. The van der Waals surface area contributed by atoms with Crippen molar-refractivity contribution in [2.45, 2.75) is 13.3 Å². The average molecular weight is 433 g/mol. The summed E-state index contributed by atoms with van der Waals surface area (Å²) in [5.41, 5.74) is 3.80. The van der Waals surface area contributed by atoms with Gasteiger partial charge in [-0.15, -0.1) is 10.2 Å². The molecule has 0 aliphatic carbocycles. The molecular weight excluding hydrogens is 404 g/mol. The van der Waals surface area contributed by atoms with E-state index in [9.17, 15) is 4.79 Å². The molecule has 0 bridgehead atoms. The van der Waals surface area contributed by atoms with Crippen LogP contribution in [-0.4, -0.2) is 61.4 Å². The number of rotatable bonds is 6. The quantitative estimate of drug-likeness (QED) is 0.595. The van der Waals surface area contributed by atoms with Crippen LogP contribution in [0.4, 0.5) is 5.82 Å². The Hall–Kier alpha value is -3.61. The molecule has 0 radical (unpaired) electrons. The summed E-state index contributed by atoms with van der Waals surface area (Å²) < 4.78 is 10.8. The first kappa shape index (κ1) is 21.6. The topological polar surface area (TPSA) is 67.8 Å². The lowest BCUT2D eigenvalue weighted by molar-refractivity contribution is -0.130. The van der Waals surface area contributed by atoms with E-state index in [-0.39, 0.29) is 5.91 Å². The Morgan fingerprint density at radius 3 is 2.28 bits per heavy atom. The van der Waals surface area contributed by atoms with Gasteiger partial charge in [-0.2, -0.15) is 0 Å². The number of ether oxygens (including phenoxy) is 2. The Morgan fingerprint density at radius 2 is 1.66 bits per heavy atom. The van der Waals surface area contributed by atoms with E-state index in [0.29, 0.717) is 25.3 Å². The van der Waals surface area contributed by atoms with Gasteiger partial charge < -0.3 is 19.3 Å². The number of benzene rings is 2. The number of hydrogen-bond donors (Lipinski definition) is 0. The second-order valence-electron chi connectivity index (χ2n) is 7.87. The van der Waals surface area contributed by atoms with Crippen LogP contribution in [0.2, 0.25) is 0 Å². The van der Waals surface area contributed by atoms with E-state index in [2.05, 4.69) is 15.1 Å². The summed E-state index contributed by atoms with van der Waals surface area (Å²) >= 11 is 0. The minimum Gasteiger partial charge on any atom is -0.497 e. The van der Waals surface area contributed by atoms with E-state index >= 15 is 0 Å². The van der Waals surface area contributed by atoms with E-state index in [1.807, 2.05) is 66.4 Å². The number of hydrogen-bond acceptors (Lipinski definition) is 6. The maximum absolute atomic E-state index is 12.7. The van der Waals surface area contributed by atoms with Crippen LogP contribution in [0.25, 0.3) is 11.3 Å². The van der Waals surface area contributed by atoms with Crippen molar-refractivity contribution >= 4 is 11.7 Å². The summed E-state index contributed by atoms with van der Waals surface area (Å²) in [5.74, 6) is 2.42. The number of piperazine rings is 1. The number of methoxy groups -OCH3 is 2. The normalized spacial score (nSPS) is 13.7. The first-order valence-corrected chi connectivity index (χ1v) is 10.7. The van der Waals surface area contributed by atoms with Crippen LogP contribution in [0.1, 0.15) is 11.1 Å². The van der Waals surface area contributed by atoms with E-state index in [0.717, 1.165) is 41.5 Å². The Balaban J connectivity index is 1.38. The van der Waals surface area contributed by atoms with E-state index < -0.39 is 0 Å². The molecule has 32 heavy (non-hydrogen) atoms. The molecule has 1 fully saturated rings. The fourth-order valence-electron chi connectivity index (χ4n) is 3.83. The third-order valence-electron chi connectivity index (χ3n) is 5.77. The molecule has 1 saturated heterocycles. The summed E-state index contributed by atoms with van der Waals surface area (Å²) in [4.78, 5) is 16.8. The zero-order valence-electron chi connectivity index (χ0n) is 18.7. The number of amides is 1. The maximum atomic E-state index is 12.7. The van der Waals surface area contributed by atoms with Gasteiger partial charge in [-0.3, -0.25) is 4.79 Å². The largest absolute Gasteiger partial charge is 0.497 e. The molecule has 0 N–H and O–H groups in total. The highest BCUT2D eigenvalue weighted by Crippen LogP contribution is 2.32. The monoisotopic (exact) mass is 432 g/mol. The molecule has 166 valence electrons. The number of aromatic nitrogens is 2. The first-order chi connectivity index (χ1) is 15.6. The van der Waals surface area contributed by atoms with Crippen LogP contribution in [0.5, 0.6) is 11.5 Å². The van der Waals surface area contributed by atoms with E-state index in [1.165, 1.54) is 5.56 Å². The average Bonchev–Trinajstić information content (AvgIpc) is 2.85. The van der Waals surface area contributed by atoms with Gasteiger partial charge in [-0.05, 0) is 42.8 Å². The van der Waals surface area contributed by atoms with Crippen molar-refractivity contribution in [3.05, 3.63) is 65.7 Å². The number of aryl methyl sites for hydroxylation is 1. The molecule has 0 atom stereocenters. The van der Waals surface area contributed by atoms with Crippen molar-refractivity contribution in [3.63, 3.8) is 0 Å². The molecule has 1 aliphatic rings. The predicted molar refractivity (Wildman–Crippen MR) is 124 cm³/mol. The standard InChI is InChI=1S/C25H28N4O3/c1-18-4-6-19(7-5-18)16-25(30)29-14-12-28(13-15-29)24-11-9-22(26-27-24)21-17-20(31-2)8-10-23(21)32-3/h4-11,17H,12-16H2,1-3H3. The lowest BCUT2D eigenvalue weighted by Gasteiger charge is -2.35. The zero-order valence-corrected chi connectivity index (χ0v) is 18.7. The maximum Gasteiger partial charge on any atom is 0.227 e. The lowest BCUT2D eigenvalue weighted by atomic mass is 10.1. The van der Waals surface area contributed by atoms with Crippen molar-refractivity contribution in [2.75, 3.05) is 45.3 Å². The lowest BCUT2D eigenvalue weighted by Crippen LogP contribution is -2.49.